The van der Waals surface area contributed by atoms with Crippen molar-refractivity contribution in [3.63, 3.8) is 0 Å². The van der Waals surface area contributed by atoms with Crippen molar-refractivity contribution in [3.8, 4) is 0 Å². The quantitative estimate of drug-likeness (QED) is 0.634. The maximum absolute atomic E-state index is 11.1. The first-order valence-electron chi connectivity index (χ1n) is 4.98. The van der Waals surface area contributed by atoms with Crippen molar-refractivity contribution < 1.29 is 14.3 Å². The van der Waals surface area contributed by atoms with Gasteiger partial charge in [0, 0.05) is 18.5 Å². The molecule has 0 aliphatic heterocycles. The topological polar surface area (TPSA) is 72.6 Å². The number of nitrogens with zero attached hydrogens (tertiary/aromatic N) is 1. The fraction of sp³-hybridized carbons (Fsp3) is 0.800. The summed E-state index contributed by atoms with van der Waals surface area (Å²) in [4.78, 5) is 23.9. The molecule has 0 saturated carbocycles. The van der Waals surface area contributed by atoms with Crippen LogP contribution in [0.5, 0.6) is 0 Å². The third-order valence-electron chi connectivity index (χ3n) is 2.28. The standard InChI is InChI=1S/C10H20N2O3/c1-7(2)12(6-9(13)15-4)5-8(3)10(11)14/h7-8H,5-6H2,1-4H3,(H2,11,14). The Labute approximate surface area is 90.6 Å². The molecule has 0 saturated heterocycles. The summed E-state index contributed by atoms with van der Waals surface area (Å²) in [5, 5.41) is 0. The van der Waals surface area contributed by atoms with Crippen LogP contribution in [0.1, 0.15) is 20.8 Å². The van der Waals surface area contributed by atoms with Gasteiger partial charge < -0.3 is 10.5 Å². The minimum Gasteiger partial charge on any atom is -0.468 e. The van der Waals surface area contributed by atoms with Gasteiger partial charge in [-0.2, -0.15) is 0 Å². The second-order valence-electron chi connectivity index (χ2n) is 3.90. The van der Waals surface area contributed by atoms with E-state index in [0.717, 1.165) is 0 Å². The Morgan fingerprint density at radius 2 is 1.87 bits per heavy atom. The van der Waals surface area contributed by atoms with E-state index in [1.54, 1.807) is 6.92 Å². The van der Waals surface area contributed by atoms with E-state index in [1.165, 1.54) is 7.11 Å². The van der Waals surface area contributed by atoms with E-state index < -0.39 is 0 Å². The smallest absolute Gasteiger partial charge is 0.319 e. The number of ether oxygens (including phenoxy) is 1. The van der Waals surface area contributed by atoms with Crippen molar-refractivity contribution in [1.82, 2.24) is 4.90 Å². The SMILES string of the molecule is COC(=O)CN(CC(C)C(N)=O)C(C)C. The van der Waals surface area contributed by atoms with Gasteiger partial charge in [0.05, 0.1) is 13.7 Å². The van der Waals surface area contributed by atoms with Crippen LogP contribution in [0, 0.1) is 5.92 Å². The summed E-state index contributed by atoms with van der Waals surface area (Å²) in [6.45, 7) is 6.32. The van der Waals surface area contributed by atoms with Gasteiger partial charge in [-0.3, -0.25) is 14.5 Å². The molecule has 1 atom stereocenters. The average Bonchev–Trinajstić information content (AvgIpc) is 2.15. The lowest BCUT2D eigenvalue weighted by atomic mass is 10.1. The molecule has 0 aliphatic carbocycles. The largest absolute Gasteiger partial charge is 0.468 e. The minimum atomic E-state index is -0.356. The summed E-state index contributed by atoms with van der Waals surface area (Å²) in [6, 6.07) is 0.172. The van der Waals surface area contributed by atoms with E-state index in [1.807, 2.05) is 18.7 Å². The maximum atomic E-state index is 11.1. The molecular formula is C10H20N2O3. The lowest BCUT2D eigenvalue weighted by molar-refractivity contribution is -0.143. The predicted molar refractivity (Wildman–Crippen MR) is 57.1 cm³/mol. The first-order chi connectivity index (χ1) is 6.88. The highest BCUT2D eigenvalue weighted by molar-refractivity contribution is 5.76. The normalized spacial score (nSPS) is 12.9. The van der Waals surface area contributed by atoms with Crippen LogP contribution in [0.4, 0.5) is 0 Å². The van der Waals surface area contributed by atoms with E-state index in [9.17, 15) is 9.59 Å². The molecule has 0 aliphatic rings. The van der Waals surface area contributed by atoms with Crippen molar-refractivity contribution in [2.75, 3.05) is 20.2 Å². The molecule has 0 fully saturated rings. The summed E-state index contributed by atoms with van der Waals surface area (Å²) in [6.07, 6.45) is 0. The molecule has 5 nitrogen and oxygen atoms in total. The molecule has 0 bridgehead atoms. The summed E-state index contributed by atoms with van der Waals surface area (Å²) < 4.78 is 4.58. The highest BCUT2D eigenvalue weighted by atomic mass is 16.5. The second kappa shape index (κ2) is 6.40. The molecule has 5 heteroatoms. The molecular weight excluding hydrogens is 196 g/mol. The first kappa shape index (κ1) is 13.9. The number of esters is 1. The number of primary amides is 1. The van der Waals surface area contributed by atoms with Crippen molar-refractivity contribution in [3.05, 3.63) is 0 Å². The Hall–Kier alpha value is -1.10. The maximum Gasteiger partial charge on any atom is 0.319 e. The monoisotopic (exact) mass is 216 g/mol. The Morgan fingerprint density at radius 3 is 2.20 bits per heavy atom. The van der Waals surface area contributed by atoms with Crippen LogP contribution < -0.4 is 5.73 Å². The highest BCUT2D eigenvalue weighted by Crippen LogP contribution is 2.04. The lowest BCUT2D eigenvalue weighted by Crippen LogP contribution is -2.41. The molecule has 1 amide bonds. The molecule has 88 valence electrons. The number of hydrogen-bond acceptors (Lipinski definition) is 4. The second-order valence-corrected chi connectivity index (χ2v) is 3.90. The van der Waals surface area contributed by atoms with Gasteiger partial charge in [0.2, 0.25) is 5.91 Å². The molecule has 0 aromatic heterocycles. The summed E-state index contributed by atoms with van der Waals surface area (Å²) in [5.74, 6) is -0.928. The van der Waals surface area contributed by atoms with Crippen LogP contribution in [0.3, 0.4) is 0 Å². The molecule has 1 unspecified atom stereocenters. The number of carbonyl (C=O) groups is 2. The van der Waals surface area contributed by atoms with Crippen LogP contribution in [0.2, 0.25) is 0 Å². The Morgan fingerprint density at radius 1 is 1.33 bits per heavy atom. The fourth-order valence-electron chi connectivity index (χ4n) is 1.13. The van der Waals surface area contributed by atoms with Gasteiger partial charge in [0.1, 0.15) is 0 Å². The summed E-state index contributed by atoms with van der Waals surface area (Å²) in [7, 11) is 1.35. The van der Waals surface area contributed by atoms with Gasteiger partial charge in [-0.05, 0) is 13.8 Å². The molecule has 0 rings (SSSR count). The molecule has 2 N–H and O–H groups in total. The van der Waals surface area contributed by atoms with Crippen LogP contribution in [-0.4, -0.2) is 43.0 Å². The van der Waals surface area contributed by atoms with Crippen molar-refractivity contribution >= 4 is 11.9 Å². The van der Waals surface area contributed by atoms with E-state index in [4.69, 9.17) is 5.73 Å². The molecule has 0 spiro atoms. The number of rotatable bonds is 6. The van der Waals surface area contributed by atoms with E-state index in [0.29, 0.717) is 6.54 Å². The zero-order valence-corrected chi connectivity index (χ0v) is 9.82. The van der Waals surface area contributed by atoms with Crippen LogP contribution in [-0.2, 0) is 14.3 Å². The number of nitrogens with two attached hydrogens (primary N) is 1. The van der Waals surface area contributed by atoms with Gasteiger partial charge in [-0.1, -0.05) is 6.92 Å². The number of carbonyl (C=O) groups excluding carboxylic acids is 2. The van der Waals surface area contributed by atoms with Crippen molar-refractivity contribution in [1.29, 1.82) is 0 Å². The lowest BCUT2D eigenvalue weighted by Gasteiger charge is -2.26. The average molecular weight is 216 g/mol. The van der Waals surface area contributed by atoms with Crippen molar-refractivity contribution in [2.45, 2.75) is 26.8 Å². The van der Waals surface area contributed by atoms with Gasteiger partial charge >= 0.3 is 5.97 Å². The fourth-order valence-corrected chi connectivity index (χ4v) is 1.13. The zero-order valence-electron chi connectivity index (χ0n) is 9.82. The van der Waals surface area contributed by atoms with Crippen molar-refractivity contribution in [2.24, 2.45) is 11.7 Å². The Bertz CT molecular complexity index is 229. The number of hydrogen-bond donors (Lipinski definition) is 1. The van der Waals surface area contributed by atoms with Gasteiger partial charge in [-0.15, -0.1) is 0 Å². The van der Waals surface area contributed by atoms with E-state index >= 15 is 0 Å². The number of amides is 1. The van der Waals surface area contributed by atoms with Gasteiger partial charge in [0.15, 0.2) is 0 Å². The van der Waals surface area contributed by atoms with E-state index in [-0.39, 0.29) is 30.4 Å². The van der Waals surface area contributed by atoms with Gasteiger partial charge in [-0.25, -0.2) is 0 Å². The van der Waals surface area contributed by atoms with Crippen LogP contribution >= 0.6 is 0 Å². The minimum absolute atomic E-state index is 0.172. The molecule has 15 heavy (non-hydrogen) atoms. The Balaban J connectivity index is 4.28. The van der Waals surface area contributed by atoms with Crippen LogP contribution in [0.25, 0.3) is 0 Å². The first-order valence-corrected chi connectivity index (χ1v) is 4.98. The number of methoxy groups -OCH3 is 1. The third-order valence-corrected chi connectivity index (χ3v) is 2.28. The predicted octanol–water partition coefficient (Wildman–Crippen LogP) is -0.00880. The van der Waals surface area contributed by atoms with E-state index in [2.05, 4.69) is 4.74 Å². The summed E-state index contributed by atoms with van der Waals surface area (Å²) >= 11 is 0. The summed E-state index contributed by atoms with van der Waals surface area (Å²) in [5.41, 5.74) is 5.17. The molecule has 0 aromatic rings. The zero-order chi connectivity index (χ0) is 12.0. The third kappa shape index (κ3) is 5.37. The van der Waals surface area contributed by atoms with Gasteiger partial charge in [0.25, 0.3) is 0 Å². The molecule has 0 heterocycles. The highest BCUT2D eigenvalue weighted by Gasteiger charge is 2.19. The van der Waals surface area contributed by atoms with Crippen LogP contribution in [0.15, 0.2) is 0 Å². The molecule has 0 radical (unpaired) electrons. The molecule has 0 aromatic carbocycles. The Kier molecular flexibility index (Phi) is 5.93.